The number of aromatic nitrogens is 1. The molecular formula is C14H9FN2O3. The molecule has 0 saturated heterocycles. The summed E-state index contributed by atoms with van der Waals surface area (Å²) in [5.74, 6) is -0.669. The molecule has 0 unspecified atom stereocenters. The van der Waals surface area contributed by atoms with Gasteiger partial charge in [-0.15, -0.1) is 0 Å². The Morgan fingerprint density at radius 2 is 2.10 bits per heavy atom. The number of nitrogens with zero attached hydrogens (tertiary/aromatic N) is 1. The van der Waals surface area contributed by atoms with Gasteiger partial charge < -0.3 is 8.94 Å². The molecule has 0 aliphatic carbocycles. The van der Waals surface area contributed by atoms with Gasteiger partial charge in [0.1, 0.15) is 17.8 Å². The summed E-state index contributed by atoms with van der Waals surface area (Å²) >= 11 is 0. The van der Waals surface area contributed by atoms with Crippen LogP contribution in [-0.2, 0) is 0 Å². The van der Waals surface area contributed by atoms with E-state index in [0.717, 1.165) is 0 Å². The topological polar surface area (TPSA) is 68.3 Å². The summed E-state index contributed by atoms with van der Waals surface area (Å²) in [6.45, 7) is 0. The lowest BCUT2D eigenvalue weighted by molar-refractivity contribution is 0.102. The molecule has 0 bridgehead atoms. The molecule has 0 radical (unpaired) electrons. The van der Waals surface area contributed by atoms with E-state index in [4.69, 9.17) is 8.94 Å². The maximum Gasteiger partial charge on any atom is 0.261 e. The van der Waals surface area contributed by atoms with Crippen LogP contribution in [0.1, 0.15) is 10.4 Å². The second-order valence-electron chi connectivity index (χ2n) is 4.02. The van der Waals surface area contributed by atoms with Gasteiger partial charge >= 0.3 is 0 Å². The molecule has 0 saturated carbocycles. The molecule has 2 heterocycles. The molecule has 1 amide bonds. The van der Waals surface area contributed by atoms with E-state index in [9.17, 15) is 9.18 Å². The first-order valence-electron chi connectivity index (χ1n) is 5.79. The Kier molecular flexibility index (Phi) is 3.04. The summed E-state index contributed by atoms with van der Waals surface area (Å²) in [4.78, 5) is 11.8. The van der Waals surface area contributed by atoms with Crippen molar-refractivity contribution in [3.63, 3.8) is 0 Å². The number of hydrogen-bond donors (Lipinski definition) is 1. The number of carbonyl (C=O) groups excluding carboxylic acids is 1. The molecule has 3 aromatic rings. The molecule has 100 valence electrons. The van der Waals surface area contributed by atoms with Crippen molar-refractivity contribution in [3.05, 3.63) is 60.3 Å². The minimum Gasteiger partial charge on any atom is -0.472 e. The summed E-state index contributed by atoms with van der Waals surface area (Å²) in [6.07, 6.45) is 2.70. The summed E-state index contributed by atoms with van der Waals surface area (Å²) in [7, 11) is 0. The van der Waals surface area contributed by atoms with E-state index in [2.05, 4.69) is 10.5 Å². The quantitative estimate of drug-likeness (QED) is 0.794. The van der Waals surface area contributed by atoms with E-state index in [-0.39, 0.29) is 5.88 Å². The Bertz CT molecular complexity index is 734. The normalized spacial score (nSPS) is 10.4. The third kappa shape index (κ3) is 2.31. The zero-order valence-electron chi connectivity index (χ0n) is 10.2. The largest absolute Gasteiger partial charge is 0.472 e. The van der Waals surface area contributed by atoms with Gasteiger partial charge in [-0.25, -0.2) is 4.39 Å². The number of amides is 1. The first-order chi connectivity index (χ1) is 9.74. The lowest BCUT2D eigenvalue weighted by Gasteiger charge is -1.96. The van der Waals surface area contributed by atoms with Crippen molar-refractivity contribution < 1.29 is 18.1 Å². The van der Waals surface area contributed by atoms with Crippen LogP contribution < -0.4 is 5.32 Å². The van der Waals surface area contributed by atoms with Crippen molar-refractivity contribution in [1.82, 2.24) is 5.16 Å². The van der Waals surface area contributed by atoms with Crippen molar-refractivity contribution in [1.29, 1.82) is 0 Å². The third-order valence-corrected chi connectivity index (χ3v) is 2.68. The summed E-state index contributed by atoms with van der Waals surface area (Å²) < 4.78 is 23.4. The summed E-state index contributed by atoms with van der Waals surface area (Å²) in [5.41, 5.74) is 0.972. The molecule has 0 fully saturated rings. The van der Waals surface area contributed by atoms with Gasteiger partial charge in [-0.3, -0.25) is 10.1 Å². The van der Waals surface area contributed by atoms with E-state index in [1.54, 1.807) is 18.2 Å². The van der Waals surface area contributed by atoms with Gasteiger partial charge in [0.15, 0.2) is 0 Å². The highest BCUT2D eigenvalue weighted by molar-refractivity contribution is 6.03. The number of hydrogen-bond acceptors (Lipinski definition) is 4. The fourth-order valence-electron chi connectivity index (χ4n) is 1.71. The second kappa shape index (κ2) is 5.00. The van der Waals surface area contributed by atoms with Crippen LogP contribution in [0, 0.1) is 5.82 Å². The number of benzene rings is 1. The summed E-state index contributed by atoms with van der Waals surface area (Å²) in [6, 6.07) is 9.15. The van der Waals surface area contributed by atoms with Crippen molar-refractivity contribution in [3.8, 4) is 11.3 Å². The van der Waals surface area contributed by atoms with Crippen LogP contribution in [0.15, 0.2) is 57.9 Å². The Morgan fingerprint density at radius 3 is 2.85 bits per heavy atom. The molecule has 6 heteroatoms. The molecule has 3 rings (SSSR count). The van der Waals surface area contributed by atoms with E-state index in [0.29, 0.717) is 16.8 Å². The van der Waals surface area contributed by atoms with Gasteiger partial charge in [-0.1, -0.05) is 17.3 Å². The summed E-state index contributed by atoms with van der Waals surface area (Å²) in [5, 5.41) is 6.23. The molecular weight excluding hydrogens is 263 g/mol. The highest BCUT2D eigenvalue weighted by atomic mass is 19.1. The first kappa shape index (κ1) is 12.2. The smallest absolute Gasteiger partial charge is 0.261 e. The first-order valence-corrected chi connectivity index (χ1v) is 5.79. The van der Waals surface area contributed by atoms with Crippen LogP contribution in [0.2, 0.25) is 0 Å². The van der Waals surface area contributed by atoms with Crippen LogP contribution in [-0.4, -0.2) is 11.1 Å². The number of carbonyl (C=O) groups is 1. The minimum absolute atomic E-state index is 0.134. The van der Waals surface area contributed by atoms with Crippen LogP contribution in [0.3, 0.4) is 0 Å². The van der Waals surface area contributed by atoms with Gasteiger partial charge in [-0.05, 0) is 18.2 Å². The zero-order valence-corrected chi connectivity index (χ0v) is 10.2. The molecule has 1 N–H and O–H groups in total. The van der Waals surface area contributed by atoms with Crippen LogP contribution >= 0.6 is 0 Å². The number of furan rings is 1. The minimum atomic E-state index is -0.409. The Balaban J connectivity index is 1.81. The fourth-order valence-corrected chi connectivity index (χ4v) is 1.71. The van der Waals surface area contributed by atoms with E-state index in [1.807, 2.05) is 0 Å². The van der Waals surface area contributed by atoms with Crippen LogP contribution in [0.5, 0.6) is 0 Å². The average molecular weight is 272 g/mol. The lowest BCUT2D eigenvalue weighted by Crippen LogP contribution is -2.09. The van der Waals surface area contributed by atoms with Gasteiger partial charge in [0.2, 0.25) is 5.88 Å². The monoisotopic (exact) mass is 272 g/mol. The maximum atomic E-state index is 13.6. The maximum absolute atomic E-state index is 13.6. The standard InChI is InChI=1S/C14H9FN2O3/c15-11-4-2-1-3-10(11)12-7-13(20-17-12)16-14(18)9-5-6-19-8-9/h1-8H,(H,16,18). The highest BCUT2D eigenvalue weighted by Gasteiger charge is 2.13. The van der Waals surface area contributed by atoms with Crippen molar-refractivity contribution in [2.45, 2.75) is 0 Å². The van der Waals surface area contributed by atoms with Crippen molar-refractivity contribution in [2.75, 3.05) is 5.32 Å². The van der Waals surface area contributed by atoms with E-state index < -0.39 is 11.7 Å². The van der Waals surface area contributed by atoms with Gasteiger partial charge in [0, 0.05) is 11.6 Å². The van der Waals surface area contributed by atoms with Crippen molar-refractivity contribution in [2.24, 2.45) is 0 Å². The van der Waals surface area contributed by atoms with Crippen LogP contribution in [0.4, 0.5) is 10.3 Å². The third-order valence-electron chi connectivity index (χ3n) is 2.68. The van der Waals surface area contributed by atoms with Crippen molar-refractivity contribution >= 4 is 11.8 Å². The molecule has 0 aliphatic rings. The molecule has 5 nitrogen and oxygen atoms in total. The Hall–Kier alpha value is -2.89. The van der Waals surface area contributed by atoms with Gasteiger partial charge in [-0.2, -0.15) is 0 Å². The zero-order chi connectivity index (χ0) is 13.9. The van der Waals surface area contributed by atoms with E-state index in [1.165, 1.54) is 30.7 Å². The van der Waals surface area contributed by atoms with Crippen LogP contribution in [0.25, 0.3) is 11.3 Å². The average Bonchev–Trinajstić information content (AvgIpc) is 3.10. The molecule has 1 aromatic carbocycles. The number of halogens is 1. The molecule has 2 aromatic heterocycles. The molecule has 0 aliphatic heterocycles. The fraction of sp³-hybridized carbons (Fsp3) is 0. The Morgan fingerprint density at radius 1 is 1.25 bits per heavy atom. The number of rotatable bonds is 3. The molecule has 20 heavy (non-hydrogen) atoms. The SMILES string of the molecule is O=C(Nc1cc(-c2ccccc2F)no1)c1ccoc1. The van der Waals surface area contributed by atoms with Gasteiger partial charge in [0.25, 0.3) is 5.91 Å². The second-order valence-corrected chi connectivity index (χ2v) is 4.02. The van der Waals surface area contributed by atoms with E-state index >= 15 is 0 Å². The predicted octanol–water partition coefficient (Wildman–Crippen LogP) is 3.33. The highest BCUT2D eigenvalue weighted by Crippen LogP contribution is 2.24. The number of nitrogens with one attached hydrogen (secondary N) is 1. The molecule has 0 spiro atoms. The molecule has 0 atom stereocenters. The Labute approximate surface area is 113 Å². The lowest BCUT2D eigenvalue weighted by atomic mass is 10.1. The van der Waals surface area contributed by atoms with Gasteiger partial charge in [0.05, 0.1) is 11.8 Å². The predicted molar refractivity (Wildman–Crippen MR) is 68.6 cm³/mol. The number of anilines is 1.